The van der Waals surface area contributed by atoms with Gasteiger partial charge in [0.15, 0.2) is 5.75 Å². The van der Waals surface area contributed by atoms with Gasteiger partial charge in [-0.3, -0.25) is 0 Å². The number of primary sulfonamides is 1. The number of fused-ring (bicyclic) bond motifs is 1. The minimum absolute atomic E-state index is 0.0804. The van der Waals surface area contributed by atoms with Crippen LogP contribution in [0.4, 0.5) is 0 Å². The molecule has 0 aliphatic rings. The van der Waals surface area contributed by atoms with Crippen LogP contribution in [0.25, 0.3) is 11.0 Å². The number of sulfonamides is 1. The summed E-state index contributed by atoms with van der Waals surface area (Å²) < 4.78 is 32.3. The molecule has 0 bridgehead atoms. The highest BCUT2D eigenvalue weighted by Gasteiger charge is 2.15. The number of furan rings is 1. The molecular weight excluding hydrogens is 268 g/mol. The Kier molecular flexibility index (Phi) is 3.74. The summed E-state index contributed by atoms with van der Waals surface area (Å²) in [4.78, 5) is 0. The van der Waals surface area contributed by atoms with Crippen LogP contribution in [0.5, 0.6) is 5.75 Å². The summed E-state index contributed by atoms with van der Waals surface area (Å²) in [6, 6.07) is 9.00. The largest absolute Gasteiger partial charge is 0.488 e. The fourth-order valence-electron chi connectivity index (χ4n) is 1.67. The van der Waals surface area contributed by atoms with E-state index in [9.17, 15) is 8.42 Å². The molecule has 0 amide bonds. The minimum atomic E-state index is -3.49. The van der Waals surface area contributed by atoms with Crippen LogP contribution >= 0.6 is 0 Å². The first-order chi connectivity index (χ1) is 9.01. The number of nitrogens with zero attached hydrogens (tertiary/aromatic N) is 1. The average molecular weight is 280 g/mol. The summed E-state index contributed by atoms with van der Waals surface area (Å²) in [6.45, 7) is 0.147. The molecule has 0 radical (unpaired) electrons. The van der Waals surface area contributed by atoms with Gasteiger partial charge in [-0.1, -0.05) is 12.1 Å². The molecule has 100 valence electrons. The summed E-state index contributed by atoms with van der Waals surface area (Å²) in [7, 11) is -3.49. The van der Waals surface area contributed by atoms with Crippen LogP contribution in [0, 0.1) is 11.3 Å². The summed E-state index contributed by atoms with van der Waals surface area (Å²) in [5.41, 5.74) is 0.556. The molecule has 19 heavy (non-hydrogen) atoms. The molecule has 0 saturated carbocycles. The van der Waals surface area contributed by atoms with Gasteiger partial charge in [-0.05, 0) is 18.6 Å². The first kappa shape index (κ1) is 13.4. The van der Waals surface area contributed by atoms with Gasteiger partial charge in [0.1, 0.15) is 11.7 Å². The highest BCUT2D eigenvalue weighted by Crippen LogP contribution is 2.32. The van der Waals surface area contributed by atoms with Crippen LogP contribution in [0.3, 0.4) is 0 Å². The smallest absolute Gasteiger partial charge is 0.246 e. The zero-order valence-corrected chi connectivity index (χ0v) is 10.8. The van der Waals surface area contributed by atoms with E-state index in [0.717, 1.165) is 0 Å². The first-order valence-electron chi connectivity index (χ1n) is 5.56. The van der Waals surface area contributed by atoms with Crippen LogP contribution in [0.15, 0.2) is 28.7 Å². The van der Waals surface area contributed by atoms with Gasteiger partial charge in [0.05, 0.1) is 17.7 Å². The maximum absolute atomic E-state index is 10.8. The summed E-state index contributed by atoms with van der Waals surface area (Å²) in [5, 5.41) is 14.5. The van der Waals surface area contributed by atoms with E-state index >= 15 is 0 Å². The second kappa shape index (κ2) is 5.30. The third kappa shape index (κ3) is 3.24. The SMILES string of the molecule is N#Cc1oc2ccccc2c1OCCCS(N)(=O)=O. The molecule has 0 fully saturated rings. The van der Waals surface area contributed by atoms with Crippen LogP contribution in [-0.2, 0) is 10.0 Å². The van der Waals surface area contributed by atoms with E-state index in [1.165, 1.54) is 0 Å². The lowest BCUT2D eigenvalue weighted by Crippen LogP contribution is -2.18. The normalized spacial score (nSPS) is 11.4. The number of hydrogen-bond donors (Lipinski definition) is 1. The molecule has 6 nitrogen and oxygen atoms in total. The van der Waals surface area contributed by atoms with Crippen molar-refractivity contribution in [3.8, 4) is 11.8 Å². The lowest BCUT2D eigenvalue weighted by atomic mass is 10.2. The third-order valence-electron chi connectivity index (χ3n) is 2.47. The van der Waals surface area contributed by atoms with Crippen LogP contribution in [0.2, 0.25) is 0 Å². The molecule has 0 unspecified atom stereocenters. The zero-order valence-electron chi connectivity index (χ0n) is 10.00. The van der Waals surface area contributed by atoms with Crippen LogP contribution in [0.1, 0.15) is 12.2 Å². The van der Waals surface area contributed by atoms with E-state index in [1.54, 1.807) is 24.3 Å². The number of nitriles is 1. The highest BCUT2D eigenvalue weighted by atomic mass is 32.2. The standard InChI is InChI=1S/C12H12N2O4S/c13-8-11-12(17-6-3-7-19(14,15)16)9-4-1-2-5-10(9)18-11/h1-2,4-5H,3,6-7H2,(H2,14,15,16). The summed E-state index contributed by atoms with van der Waals surface area (Å²) in [5.74, 6) is 0.259. The number of rotatable bonds is 5. The number of benzene rings is 1. The number of hydrogen-bond acceptors (Lipinski definition) is 5. The minimum Gasteiger partial charge on any atom is -0.488 e. The zero-order chi connectivity index (χ0) is 13.9. The van der Waals surface area contributed by atoms with Crippen molar-refractivity contribution in [3.63, 3.8) is 0 Å². The molecule has 1 heterocycles. The van der Waals surface area contributed by atoms with Crippen molar-refractivity contribution in [1.82, 2.24) is 0 Å². The van der Waals surface area contributed by atoms with Gasteiger partial charge in [-0.2, -0.15) is 5.26 Å². The van der Waals surface area contributed by atoms with E-state index in [1.807, 2.05) is 6.07 Å². The van der Waals surface area contributed by atoms with Gasteiger partial charge >= 0.3 is 0 Å². The Morgan fingerprint density at radius 3 is 2.79 bits per heavy atom. The summed E-state index contributed by atoms with van der Waals surface area (Å²) in [6.07, 6.45) is 0.253. The van der Waals surface area contributed by atoms with E-state index in [0.29, 0.717) is 16.7 Å². The third-order valence-corrected chi connectivity index (χ3v) is 3.33. The van der Waals surface area contributed by atoms with Crippen molar-refractivity contribution in [1.29, 1.82) is 5.26 Å². The van der Waals surface area contributed by atoms with Crippen molar-refractivity contribution >= 4 is 21.0 Å². The average Bonchev–Trinajstić information content (AvgIpc) is 2.71. The van der Waals surface area contributed by atoms with Gasteiger partial charge in [0.2, 0.25) is 15.8 Å². The highest BCUT2D eigenvalue weighted by molar-refractivity contribution is 7.89. The van der Waals surface area contributed by atoms with Crippen molar-refractivity contribution in [3.05, 3.63) is 30.0 Å². The number of nitrogens with two attached hydrogens (primary N) is 1. The van der Waals surface area contributed by atoms with Gasteiger partial charge in [0, 0.05) is 0 Å². The second-order valence-electron chi connectivity index (χ2n) is 3.94. The molecule has 7 heteroatoms. The Labute approximate surface area is 110 Å². The molecule has 0 aliphatic carbocycles. The van der Waals surface area contributed by atoms with Gasteiger partial charge in [-0.15, -0.1) is 0 Å². The monoisotopic (exact) mass is 280 g/mol. The Bertz CT molecular complexity index is 728. The van der Waals surface area contributed by atoms with Crippen molar-refractivity contribution in [2.24, 2.45) is 5.14 Å². The molecule has 1 aromatic heterocycles. The summed E-state index contributed by atoms with van der Waals surface area (Å²) >= 11 is 0. The van der Waals surface area contributed by atoms with Gasteiger partial charge in [0.25, 0.3) is 0 Å². The predicted molar refractivity (Wildman–Crippen MR) is 69.0 cm³/mol. The molecular formula is C12H12N2O4S. The maximum atomic E-state index is 10.8. The first-order valence-corrected chi connectivity index (χ1v) is 7.28. The lowest BCUT2D eigenvalue weighted by molar-refractivity contribution is 0.315. The van der Waals surface area contributed by atoms with E-state index in [-0.39, 0.29) is 24.5 Å². The van der Waals surface area contributed by atoms with Crippen LogP contribution < -0.4 is 9.88 Å². The Morgan fingerprint density at radius 2 is 2.11 bits per heavy atom. The second-order valence-corrected chi connectivity index (χ2v) is 5.67. The Hall–Kier alpha value is -2.04. The Morgan fingerprint density at radius 1 is 1.37 bits per heavy atom. The van der Waals surface area contributed by atoms with Crippen molar-refractivity contribution in [2.45, 2.75) is 6.42 Å². The fourth-order valence-corrected chi connectivity index (χ4v) is 2.19. The lowest BCUT2D eigenvalue weighted by Gasteiger charge is -2.03. The maximum Gasteiger partial charge on any atom is 0.246 e. The van der Waals surface area contributed by atoms with E-state index in [2.05, 4.69) is 0 Å². The van der Waals surface area contributed by atoms with E-state index in [4.69, 9.17) is 19.6 Å². The Balaban J connectivity index is 2.14. The van der Waals surface area contributed by atoms with Crippen molar-refractivity contribution in [2.75, 3.05) is 12.4 Å². The molecule has 0 saturated heterocycles. The molecule has 1 aromatic carbocycles. The molecule has 2 N–H and O–H groups in total. The molecule has 2 rings (SSSR count). The molecule has 0 atom stereocenters. The van der Waals surface area contributed by atoms with Crippen molar-refractivity contribution < 1.29 is 17.6 Å². The van der Waals surface area contributed by atoms with Crippen LogP contribution in [-0.4, -0.2) is 20.8 Å². The molecule has 2 aromatic rings. The van der Waals surface area contributed by atoms with Gasteiger partial charge < -0.3 is 9.15 Å². The topological polar surface area (TPSA) is 106 Å². The number of ether oxygens (including phenoxy) is 1. The predicted octanol–water partition coefficient (Wildman–Crippen LogP) is 1.36. The fraction of sp³-hybridized carbons (Fsp3) is 0.250. The van der Waals surface area contributed by atoms with E-state index < -0.39 is 10.0 Å². The molecule has 0 aliphatic heterocycles. The quantitative estimate of drug-likeness (QED) is 0.832. The number of para-hydroxylation sites is 1. The van der Waals surface area contributed by atoms with Gasteiger partial charge in [-0.25, -0.2) is 13.6 Å². The molecule has 0 spiro atoms.